The molecule has 2 heterocycles. The van der Waals surface area contributed by atoms with Gasteiger partial charge in [-0.2, -0.15) is 0 Å². The summed E-state index contributed by atoms with van der Waals surface area (Å²) in [6, 6.07) is 13.2. The Bertz CT molecular complexity index is 1350. The van der Waals surface area contributed by atoms with Crippen molar-refractivity contribution >= 4 is 37.2 Å². The van der Waals surface area contributed by atoms with E-state index in [-0.39, 0.29) is 34.6 Å². The molecule has 0 saturated heterocycles. The number of fused-ring (bicyclic) bond motifs is 1. The Kier molecular flexibility index (Phi) is 6.20. The molecule has 0 spiro atoms. The minimum absolute atomic E-state index is 0.0256. The number of nitrogens with one attached hydrogen (secondary N) is 1. The monoisotopic (exact) mass is 470 g/mol. The summed E-state index contributed by atoms with van der Waals surface area (Å²) in [5, 5.41) is 3.79. The molecular formula is C23H19FN2O4S2. The van der Waals surface area contributed by atoms with Gasteiger partial charge in [-0.1, -0.05) is 12.1 Å². The molecule has 4 aromatic rings. The lowest BCUT2D eigenvalue weighted by Crippen LogP contribution is -2.21. The zero-order chi connectivity index (χ0) is 22.7. The summed E-state index contributed by atoms with van der Waals surface area (Å²) in [5.74, 6) is -0.814. The minimum atomic E-state index is -3.90. The van der Waals surface area contributed by atoms with Crippen LogP contribution in [-0.4, -0.2) is 25.9 Å². The number of rotatable bonds is 7. The van der Waals surface area contributed by atoms with Crippen LogP contribution < -0.4 is 10.1 Å². The quantitative estimate of drug-likeness (QED) is 0.399. The normalized spacial score (nSPS) is 11.4. The molecule has 0 atom stereocenters. The molecule has 32 heavy (non-hydrogen) atoms. The number of halogens is 1. The number of carbonyl (C=O) groups excluding carboxylic acids is 1. The van der Waals surface area contributed by atoms with Crippen LogP contribution in [0.25, 0.3) is 10.1 Å². The molecule has 0 aliphatic carbocycles. The highest BCUT2D eigenvalue weighted by Gasteiger charge is 2.23. The SMILES string of the molecule is CCOc1cc(F)ccc1S(=O)(=O)c1ccc(CNC(=O)c2cc3ccncc3s2)cc1. The summed E-state index contributed by atoms with van der Waals surface area (Å²) in [4.78, 5) is 17.0. The van der Waals surface area contributed by atoms with E-state index >= 15 is 0 Å². The van der Waals surface area contributed by atoms with Gasteiger partial charge in [0.15, 0.2) is 0 Å². The summed E-state index contributed by atoms with van der Waals surface area (Å²) < 4.78 is 45.8. The van der Waals surface area contributed by atoms with Gasteiger partial charge in [0.2, 0.25) is 9.84 Å². The van der Waals surface area contributed by atoms with Crippen molar-refractivity contribution < 1.29 is 22.3 Å². The lowest BCUT2D eigenvalue weighted by molar-refractivity contribution is 0.0955. The molecular weight excluding hydrogens is 451 g/mol. The van der Waals surface area contributed by atoms with Crippen LogP contribution in [0.1, 0.15) is 22.2 Å². The number of ether oxygens (including phenoxy) is 1. The fourth-order valence-electron chi connectivity index (χ4n) is 3.15. The first-order chi connectivity index (χ1) is 15.4. The number of amides is 1. The third kappa shape index (κ3) is 4.49. The van der Waals surface area contributed by atoms with Crippen molar-refractivity contribution in [3.63, 3.8) is 0 Å². The van der Waals surface area contributed by atoms with E-state index in [9.17, 15) is 17.6 Å². The smallest absolute Gasteiger partial charge is 0.261 e. The molecule has 0 radical (unpaired) electrons. The van der Waals surface area contributed by atoms with Gasteiger partial charge in [-0.25, -0.2) is 12.8 Å². The Morgan fingerprint density at radius 1 is 1.12 bits per heavy atom. The first-order valence-electron chi connectivity index (χ1n) is 9.76. The van der Waals surface area contributed by atoms with Crippen molar-refractivity contribution in [2.75, 3.05) is 6.61 Å². The molecule has 0 aliphatic rings. The van der Waals surface area contributed by atoms with Crippen LogP contribution in [-0.2, 0) is 16.4 Å². The number of nitrogens with zero attached hydrogens (tertiary/aromatic N) is 1. The molecule has 164 valence electrons. The minimum Gasteiger partial charge on any atom is -0.492 e. The maximum Gasteiger partial charge on any atom is 0.261 e. The molecule has 1 amide bonds. The van der Waals surface area contributed by atoms with Crippen LogP contribution >= 0.6 is 11.3 Å². The first kappa shape index (κ1) is 21.9. The number of aromatic nitrogens is 1. The molecule has 0 bridgehead atoms. The van der Waals surface area contributed by atoms with E-state index in [1.165, 1.54) is 29.5 Å². The molecule has 2 aromatic carbocycles. The van der Waals surface area contributed by atoms with Crippen molar-refractivity contribution in [3.8, 4) is 5.75 Å². The third-order valence-corrected chi connectivity index (χ3v) is 7.62. The number of thiophene rings is 1. The largest absolute Gasteiger partial charge is 0.492 e. The highest BCUT2D eigenvalue weighted by atomic mass is 32.2. The molecule has 0 saturated carbocycles. The summed E-state index contributed by atoms with van der Waals surface area (Å²) in [7, 11) is -3.90. The number of benzene rings is 2. The van der Waals surface area contributed by atoms with Gasteiger partial charge in [0, 0.05) is 25.0 Å². The van der Waals surface area contributed by atoms with Gasteiger partial charge in [-0.05, 0) is 54.3 Å². The highest BCUT2D eigenvalue weighted by Crippen LogP contribution is 2.30. The van der Waals surface area contributed by atoms with Crippen molar-refractivity contribution in [2.45, 2.75) is 23.3 Å². The zero-order valence-corrected chi connectivity index (χ0v) is 18.7. The summed E-state index contributed by atoms with van der Waals surface area (Å²) in [6.07, 6.45) is 3.39. The summed E-state index contributed by atoms with van der Waals surface area (Å²) >= 11 is 1.36. The van der Waals surface area contributed by atoms with E-state index in [2.05, 4.69) is 10.3 Å². The van der Waals surface area contributed by atoms with Crippen LogP contribution in [0.3, 0.4) is 0 Å². The fourth-order valence-corrected chi connectivity index (χ4v) is 5.48. The van der Waals surface area contributed by atoms with Crippen LogP contribution in [0.2, 0.25) is 0 Å². The number of sulfone groups is 1. The molecule has 4 rings (SSSR count). The number of hydrogen-bond donors (Lipinski definition) is 1. The van der Waals surface area contributed by atoms with Crippen molar-refractivity contribution in [1.82, 2.24) is 10.3 Å². The lowest BCUT2D eigenvalue weighted by atomic mass is 10.2. The predicted octanol–water partition coefficient (Wildman–Crippen LogP) is 4.60. The van der Waals surface area contributed by atoms with Crippen molar-refractivity contribution in [2.24, 2.45) is 0 Å². The Morgan fingerprint density at radius 3 is 2.62 bits per heavy atom. The van der Waals surface area contributed by atoms with E-state index in [4.69, 9.17) is 4.74 Å². The third-order valence-electron chi connectivity index (χ3n) is 4.73. The van der Waals surface area contributed by atoms with Crippen LogP contribution in [0.5, 0.6) is 5.75 Å². The number of hydrogen-bond acceptors (Lipinski definition) is 6. The average Bonchev–Trinajstić information content (AvgIpc) is 3.22. The first-order valence-corrected chi connectivity index (χ1v) is 12.1. The Labute approximate surface area is 188 Å². The van der Waals surface area contributed by atoms with Gasteiger partial charge in [0.1, 0.15) is 16.5 Å². The second kappa shape index (κ2) is 9.05. The molecule has 9 heteroatoms. The van der Waals surface area contributed by atoms with E-state index in [0.29, 0.717) is 4.88 Å². The fraction of sp³-hybridized carbons (Fsp3) is 0.130. The molecule has 1 N–H and O–H groups in total. The number of carbonyl (C=O) groups is 1. The van der Waals surface area contributed by atoms with E-state index in [0.717, 1.165) is 27.8 Å². The van der Waals surface area contributed by atoms with Crippen molar-refractivity contribution in [3.05, 3.63) is 83.2 Å². The molecule has 2 aromatic heterocycles. The van der Waals surface area contributed by atoms with Crippen molar-refractivity contribution in [1.29, 1.82) is 0 Å². The van der Waals surface area contributed by atoms with Gasteiger partial charge in [0.25, 0.3) is 5.91 Å². The zero-order valence-electron chi connectivity index (χ0n) is 17.0. The Morgan fingerprint density at radius 2 is 1.91 bits per heavy atom. The van der Waals surface area contributed by atoms with E-state index < -0.39 is 15.7 Å². The average molecular weight is 471 g/mol. The van der Waals surface area contributed by atoms with Gasteiger partial charge in [0.05, 0.1) is 21.1 Å². The molecule has 6 nitrogen and oxygen atoms in total. The summed E-state index contributed by atoms with van der Waals surface area (Å²) in [6.45, 7) is 2.15. The van der Waals surface area contributed by atoms with E-state index in [1.54, 1.807) is 31.5 Å². The second-order valence-corrected chi connectivity index (χ2v) is 9.88. The summed E-state index contributed by atoms with van der Waals surface area (Å²) in [5.41, 5.74) is 0.740. The number of pyridine rings is 1. The maximum absolute atomic E-state index is 13.5. The molecule has 0 unspecified atom stereocenters. The van der Waals surface area contributed by atoms with E-state index in [1.807, 2.05) is 12.1 Å². The molecule has 0 aliphatic heterocycles. The van der Waals surface area contributed by atoms with Crippen LogP contribution in [0.4, 0.5) is 4.39 Å². The second-order valence-electron chi connectivity index (χ2n) is 6.88. The van der Waals surface area contributed by atoms with Crippen LogP contribution in [0, 0.1) is 5.82 Å². The highest BCUT2D eigenvalue weighted by molar-refractivity contribution is 7.91. The Balaban J connectivity index is 1.48. The Hall–Kier alpha value is -3.30. The van der Waals surface area contributed by atoms with Crippen LogP contribution in [0.15, 0.2) is 76.8 Å². The standard InChI is InChI=1S/C23H19FN2O4S2/c1-2-30-19-12-17(24)5-8-22(19)32(28,29)18-6-3-15(4-7-18)13-26-23(27)20-11-16-9-10-25-14-21(16)31-20/h3-12,14H,2,13H2,1H3,(H,26,27). The van der Waals surface area contributed by atoms with Gasteiger partial charge in [-0.3, -0.25) is 9.78 Å². The lowest BCUT2D eigenvalue weighted by Gasteiger charge is -2.12. The maximum atomic E-state index is 13.5. The topological polar surface area (TPSA) is 85.4 Å². The van der Waals surface area contributed by atoms with Gasteiger partial charge < -0.3 is 10.1 Å². The van der Waals surface area contributed by atoms with Gasteiger partial charge >= 0.3 is 0 Å². The predicted molar refractivity (Wildman–Crippen MR) is 120 cm³/mol. The molecule has 0 fully saturated rings. The van der Waals surface area contributed by atoms with Gasteiger partial charge in [-0.15, -0.1) is 11.3 Å².